The predicted molar refractivity (Wildman–Crippen MR) is 126 cm³/mol. The molecule has 6 unspecified atom stereocenters. The van der Waals surface area contributed by atoms with E-state index in [9.17, 15) is 5.11 Å². The quantitative estimate of drug-likeness (QED) is 0.473. The Morgan fingerprint density at radius 2 is 1.79 bits per heavy atom. The molecule has 3 aliphatic carbocycles. The molecule has 0 bridgehead atoms. The molecule has 29 heavy (non-hydrogen) atoms. The molecule has 1 heteroatoms. The smallest absolute Gasteiger partial charge is 0.0583 e. The monoisotopic (exact) mass is 396 g/mol. The highest BCUT2D eigenvalue weighted by molar-refractivity contribution is 5.36. The summed E-state index contributed by atoms with van der Waals surface area (Å²) in [6.07, 6.45) is 18.8. The first kappa shape index (κ1) is 22.6. The van der Waals surface area contributed by atoms with Crippen molar-refractivity contribution in [3.8, 4) is 0 Å². The Morgan fingerprint density at radius 1 is 1.03 bits per heavy atom. The van der Waals surface area contributed by atoms with E-state index in [-0.39, 0.29) is 6.10 Å². The zero-order valence-corrected chi connectivity index (χ0v) is 19.6. The molecule has 0 radical (unpaired) electrons. The molecule has 3 saturated carbocycles. The lowest BCUT2D eigenvalue weighted by Crippen LogP contribution is -2.35. The van der Waals surface area contributed by atoms with Crippen molar-refractivity contribution >= 4 is 0 Å². The van der Waals surface area contributed by atoms with E-state index in [1.54, 1.807) is 5.57 Å². The van der Waals surface area contributed by atoms with Gasteiger partial charge in [-0.25, -0.2) is 0 Å². The Balaban J connectivity index is 1.75. The van der Waals surface area contributed by atoms with Crippen LogP contribution in [0.15, 0.2) is 47.6 Å². The van der Waals surface area contributed by atoms with E-state index in [1.807, 2.05) is 0 Å². The van der Waals surface area contributed by atoms with E-state index < -0.39 is 0 Å². The highest BCUT2D eigenvalue weighted by Crippen LogP contribution is 2.59. The van der Waals surface area contributed by atoms with Crippen LogP contribution in [-0.2, 0) is 0 Å². The molecule has 1 nitrogen and oxygen atoms in total. The Morgan fingerprint density at radius 3 is 2.52 bits per heavy atom. The Bertz CT molecular complexity index is 678. The fourth-order valence-corrected chi connectivity index (χ4v) is 6.25. The van der Waals surface area contributed by atoms with Gasteiger partial charge in [-0.05, 0) is 91.9 Å². The zero-order valence-electron chi connectivity index (χ0n) is 19.6. The summed E-state index contributed by atoms with van der Waals surface area (Å²) in [6.45, 7) is 16.3. The summed E-state index contributed by atoms with van der Waals surface area (Å²) in [6, 6.07) is 0. The summed E-state index contributed by atoms with van der Waals surface area (Å²) in [5, 5.41) is 10.0. The van der Waals surface area contributed by atoms with Gasteiger partial charge in [-0.2, -0.15) is 0 Å². The summed E-state index contributed by atoms with van der Waals surface area (Å²) in [4.78, 5) is 0. The van der Waals surface area contributed by atoms with Crippen LogP contribution in [0.1, 0.15) is 86.0 Å². The van der Waals surface area contributed by atoms with Gasteiger partial charge in [0.15, 0.2) is 0 Å². The van der Waals surface area contributed by atoms with Crippen LogP contribution < -0.4 is 0 Å². The molecule has 0 saturated heterocycles. The maximum absolute atomic E-state index is 10.0. The van der Waals surface area contributed by atoms with Gasteiger partial charge in [-0.3, -0.25) is 0 Å². The Labute approximate surface area is 180 Å². The molecule has 3 fully saturated rings. The summed E-state index contributed by atoms with van der Waals surface area (Å²) >= 11 is 0. The summed E-state index contributed by atoms with van der Waals surface area (Å²) in [5.41, 5.74) is 4.61. The van der Waals surface area contributed by atoms with Crippen LogP contribution in [-0.4, -0.2) is 11.2 Å². The van der Waals surface area contributed by atoms with Crippen LogP contribution in [0.4, 0.5) is 0 Å². The van der Waals surface area contributed by atoms with E-state index in [2.05, 4.69) is 65.5 Å². The topological polar surface area (TPSA) is 20.2 Å². The number of aliphatic hydroxyl groups excluding tert-OH is 1. The van der Waals surface area contributed by atoms with E-state index in [0.29, 0.717) is 17.3 Å². The van der Waals surface area contributed by atoms with Crippen LogP contribution >= 0.6 is 0 Å². The maximum atomic E-state index is 10.0. The van der Waals surface area contributed by atoms with Crippen molar-refractivity contribution in [3.63, 3.8) is 0 Å². The van der Waals surface area contributed by atoms with Crippen molar-refractivity contribution in [3.05, 3.63) is 47.6 Å². The molecule has 3 rings (SSSR count). The molecule has 3 aliphatic rings. The van der Waals surface area contributed by atoms with Gasteiger partial charge in [-0.15, -0.1) is 0 Å². The molecule has 6 atom stereocenters. The van der Waals surface area contributed by atoms with E-state index in [1.165, 1.54) is 43.3 Å². The van der Waals surface area contributed by atoms with Crippen molar-refractivity contribution in [1.29, 1.82) is 0 Å². The van der Waals surface area contributed by atoms with Crippen LogP contribution in [0.25, 0.3) is 0 Å². The number of hydrogen-bond acceptors (Lipinski definition) is 1. The fourth-order valence-electron chi connectivity index (χ4n) is 6.25. The lowest BCUT2D eigenvalue weighted by molar-refractivity contribution is 0.112. The van der Waals surface area contributed by atoms with Gasteiger partial charge in [0.25, 0.3) is 0 Å². The minimum atomic E-state index is -0.182. The maximum Gasteiger partial charge on any atom is 0.0583 e. The predicted octanol–water partition coefficient (Wildman–Crippen LogP) is 7.64. The van der Waals surface area contributed by atoms with Gasteiger partial charge in [0.05, 0.1) is 6.10 Å². The van der Waals surface area contributed by atoms with Gasteiger partial charge in [0.1, 0.15) is 0 Å². The minimum Gasteiger partial charge on any atom is -0.393 e. The normalized spacial score (nSPS) is 38.2. The molecule has 1 N–H and O–H groups in total. The summed E-state index contributed by atoms with van der Waals surface area (Å²) in [7, 11) is 0. The first-order valence-electron chi connectivity index (χ1n) is 12.2. The molecule has 0 aromatic rings. The lowest BCUT2D eigenvalue weighted by Gasteiger charge is -2.44. The SMILES string of the molecule is C=C1CCC(O)C/C1=C/C=C1\CCCC2(C)C1CCC2C(C)/C=C/C(C)C(C)C. The molecule has 0 amide bonds. The van der Waals surface area contributed by atoms with Crippen LogP contribution in [0.3, 0.4) is 0 Å². The Kier molecular flexibility index (Phi) is 7.31. The van der Waals surface area contributed by atoms with Gasteiger partial charge < -0.3 is 5.11 Å². The molecular weight excluding hydrogens is 352 g/mol. The van der Waals surface area contributed by atoms with Gasteiger partial charge >= 0.3 is 0 Å². The van der Waals surface area contributed by atoms with Gasteiger partial charge in [0, 0.05) is 0 Å². The third-order valence-electron chi connectivity index (χ3n) is 8.63. The standard InChI is InChI=1S/C28H44O/c1-19(2)20(3)9-10-22(5)26-15-16-27-23(8-7-17-28(26,27)6)12-13-24-18-25(29)14-11-21(24)4/h9-10,12-13,19-20,22,25-27,29H,4,7-8,11,14-18H2,1-3,5-6H3/b10-9+,23-12+,24-13-. The molecule has 0 aliphatic heterocycles. The molecule has 0 spiro atoms. The molecule has 0 heterocycles. The highest BCUT2D eigenvalue weighted by atomic mass is 16.3. The largest absolute Gasteiger partial charge is 0.393 e. The minimum absolute atomic E-state index is 0.182. The second-order valence-corrected chi connectivity index (χ2v) is 10.9. The average Bonchev–Trinajstić information content (AvgIpc) is 3.04. The van der Waals surface area contributed by atoms with Gasteiger partial charge in [0.2, 0.25) is 0 Å². The van der Waals surface area contributed by atoms with Crippen molar-refractivity contribution in [2.75, 3.05) is 0 Å². The molecule has 0 aromatic heterocycles. The van der Waals surface area contributed by atoms with Crippen LogP contribution in [0, 0.1) is 35.0 Å². The molecular formula is C28H44O. The number of rotatable bonds is 5. The van der Waals surface area contributed by atoms with E-state index in [0.717, 1.165) is 37.0 Å². The third-order valence-corrected chi connectivity index (χ3v) is 8.63. The number of hydrogen-bond donors (Lipinski definition) is 1. The first-order chi connectivity index (χ1) is 13.7. The summed E-state index contributed by atoms with van der Waals surface area (Å²) in [5.74, 6) is 3.58. The lowest BCUT2D eigenvalue weighted by atomic mass is 9.61. The van der Waals surface area contributed by atoms with Crippen LogP contribution in [0.2, 0.25) is 0 Å². The number of fused-ring (bicyclic) bond motifs is 1. The first-order valence-corrected chi connectivity index (χ1v) is 12.2. The Hall–Kier alpha value is -1.08. The van der Waals surface area contributed by atoms with Crippen LogP contribution in [0.5, 0.6) is 0 Å². The number of aliphatic hydroxyl groups is 1. The summed E-state index contributed by atoms with van der Waals surface area (Å²) < 4.78 is 0. The van der Waals surface area contributed by atoms with Crippen molar-refractivity contribution in [1.82, 2.24) is 0 Å². The van der Waals surface area contributed by atoms with Crippen molar-refractivity contribution in [2.45, 2.75) is 92.1 Å². The van der Waals surface area contributed by atoms with E-state index in [4.69, 9.17) is 0 Å². The van der Waals surface area contributed by atoms with Crippen molar-refractivity contribution < 1.29 is 5.11 Å². The zero-order chi connectivity index (χ0) is 21.2. The average molecular weight is 397 g/mol. The highest BCUT2D eigenvalue weighted by Gasteiger charge is 2.50. The van der Waals surface area contributed by atoms with Gasteiger partial charge in [-0.1, -0.05) is 76.6 Å². The van der Waals surface area contributed by atoms with E-state index >= 15 is 0 Å². The fraction of sp³-hybridized carbons (Fsp3) is 0.714. The third kappa shape index (κ3) is 4.98. The number of allylic oxidation sites excluding steroid dienone is 6. The second-order valence-electron chi connectivity index (χ2n) is 10.9. The molecule has 162 valence electrons. The second kappa shape index (κ2) is 9.38. The van der Waals surface area contributed by atoms with Crippen molar-refractivity contribution in [2.24, 2.45) is 35.0 Å². The molecule has 0 aromatic carbocycles.